The molecule has 0 radical (unpaired) electrons. The number of hydrogen-bond donors (Lipinski definition) is 3. The minimum atomic E-state index is -4.43. The zero-order valence-electron chi connectivity index (χ0n) is 12.4. The van der Waals surface area contributed by atoms with Crippen LogP contribution in [0, 0.1) is 0 Å². The largest absolute Gasteiger partial charge is 1.00 e. The molecule has 0 spiro atoms. The van der Waals surface area contributed by atoms with Gasteiger partial charge in [0, 0.05) is 6.04 Å². The number of nitrogens with one attached hydrogen (secondary N) is 1. The molecule has 1 rings (SSSR count). The van der Waals surface area contributed by atoms with Crippen molar-refractivity contribution in [3.63, 3.8) is 0 Å². The van der Waals surface area contributed by atoms with Crippen LogP contribution in [0.1, 0.15) is 12.5 Å². The number of hydrazine groups is 1. The summed E-state index contributed by atoms with van der Waals surface area (Å²) in [6, 6.07) is 8.97. The van der Waals surface area contributed by atoms with Gasteiger partial charge in [-0.2, -0.15) is 16.8 Å². The van der Waals surface area contributed by atoms with Gasteiger partial charge in [-0.05, 0) is 18.9 Å². The minimum Gasteiger partial charge on any atom is -0.285 e. The first-order valence-corrected chi connectivity index (χ1v) is 9.22. The summed E-state index contributed by atoms with van der Waals surface area (Å²) in [7, 11) is -8.85. The van der Waals surface area contributed by atoms with Crippen LogP contribution in [-0.2, 0) is 26.7 Å². The normalized spacial score (nSPS) is 13.6. The third-order valence-corrected chi connectivity index (χ3v) is 3.70. The van der Waals surface area contributed by atoms with E-state index in [1.54, 1.807) is 6.92 Å². The second-order valence-electron chi connectivity index (χ2n) is 4.68. The molecule has 0 fully saturated rings. The molecule has 0 aromatic heterocycles. The van der Waals surface area contributed by atoms with Crippen LogP contribution in [0.5, 0.6) is 0 Å². The molecule has 0 bridgehead atoms. The Bertz CT molecular complexity index is 616. The summed E-state index contributed by atoms with van der Waals surface area (Å²) < 4.78 is 61.1. The Kier molecular flexibility index (Phi) is 9.29. The zero-order valence-corrected chi connectivity index (χ0v) is 16.0. The Morgan fingerprint density at radius 1 is 1.05 bits per heavy atom. The van der Waals surface area contributed by atoms with Gasteiger partial charge in [-0.15, -0.1) is 0 Å². The van der Waals surface area contributed by atoms with Gasteiger partial charge in [0.1, 0.15) is 11.8 Å². The van der Waals surface area contributed by atoms with Crippen LogP contribution in [0.4, 0.5) is 0 Å². The van der Waals surface area contributed by atoms with Crippen LogP contribution in [0.15, 0.2) is 30.3 Å². The first kappa shape index (κ1) is 22.0. The molecule has 0 aliphatic carbocycles. The van der Waals surface area contributed by atoms with E-state index >= 15 is 0 Å². The van der Waals surface area contributed by atoms with Gasteiger partial charge in [-0.25, -0.2) is 10.4 Å². The Morgan fingerprint density at radius 3 is 1.91 bits per heavy atom. The maximum atomic E-state index is 10.9. The Balaban J connectivity index is 0.00000441. The fraction of sp³-hybridized carbons (Fsp3) is 0.455. The summed E-state index contributed by atoms with van der Waals surface area (Å²) in [5.74, 6) is -1.90. The standard InChI is InChI=1S/C11H18N2O6S2.Na/c1-10(7-11-5-3-2-4-6-11)12-13(8-20(14,15)16)9-21(17,18)19;/h2-6,10,12H,7-9H2,1H3,(H,14,15,16)(H,17,18,19);/q;+1. The molecule has 1 atom stereocenters. The Hall–Kier alpha value is -0.0400. The summed E-state index contributed by atoms with van der Waals surface area (Å²) in [5, 5.41) is 0.734. The van der Waals surface area contributed by atoms with Gasteiger partial charge in [-0.1, -0.05) is 30.3 Å². The van der Waals surface area contributed by atoms with Crippen molar-refractivity contribution < 1.29 is 55.5 Å². The molecule has 1 aromatic carbocycles. The number of rotatable bonds is 8. The van der Waals surface area contributed by atoms with Crippen molar-refractivity contribution in [2.24, 2.45) is 0 Å². The van der Waals surface area contributed by atoms with Gasteiger partial charge in [0.25, 0.3) is 20.2 Å². The molecule has 3 N–H and O–H groups in total. The molecule has 0 aliphatic heterocycles. The summed E-state index contributed by atoms with van der Waals surface area (Å²) in [6.07, 6.45) is 0.508. The fourth-order valence-electron chi connectivity index (χ4n) is 1.83. The fourth-order valence-corrected chi connectivity index (χ4v) is 3.07. The van der Waals surface area contributed by atoms with Crippen LogP contribution in [0.25, 0.3) is 0 Å². The summed E-state index contributed by atoms with van der Waals surface area (Å²) in [4.78, 5) is 0. The van der Waals surface area contributed by atoms with Crippen LogP contribution < -0.4 is 35.0 Å². The van der Waals surface area contributed by atoms with E-state index in [9.17, 15) is 16.8 Å². The smallest absolute Gasteiger partial charge is 0.285 e. The van der Waals surface area contributed by atoms with E-state index < -0.39 is 32.0 Å². The van der Waals surface area contributed by atoms with E-state index in [1.165, 1.54) is 0 Å². The summed E-state index contributed by atoms with van der Waals surface area (Å²) in [6.45, 7) is 1.72. The molecule has 0 aliphatic rings. The molecule has 8 nitrogen and oxygen atoms in total. The van der Waals surface area contributed by atoms with Gasteiger partial charge < -0.3 is 0 Å². The SMILES string of the molecule is CC(Cc1ccccc1)NN(CS(=O)(=O)O)CS(=O)(=O)O.[Na+]. The van der Waals surface area contributed by atoms with Gasteiger partial charge in [0.2, 0.25) is 0 Å². The number of nitrogens with zero attached hydrogens (tertiary/aromatic N) is 1. The quantitative estimate of drug-likeness (QED) is 0.256. The number of benzene rings is 1. The second kappa shape index (κ2) is 9.30. The molecule has 11 heteroatoms. The topological polar surface area (TPSA) is 124 Å². The first-order chi connectivity index (χ1) is 9.55. The molecule has 1 aromatic rings. The second-order valence-corrected chi connectivity index (χ2v) is 7.53. The average molecular weight is 361 g/mol. The summed E-state index contributed by atoms with van der Waals surface area (Å²) in [5.41, 5.74) is 3.60. The minimum absolute atomic E-state index is 0. The van der Waals surface area contributed by atoms with E-state index in [0.29, 0.717) is 6.42 Å². The maximum absolute atomic E-state index is 10.9. The van der Waals surface area contributed by atoms with Crippen molar-refractivity contribution in [1.29, 1.82) is 0 Å². The molecule has 0 saturated heterocycles. The summed E-state index contributed by atoms with van der Waals surface area (Å²) >= 11 is 0. The van der Waals surface area contributed by atoms with Crippen molar-refractivity contribution in [2.45, 2.75) is 19.4 Å². The Morgan fingerprint density at radius 2 is 1.50 bits per heavy atom. The van der Waals surface area contributed by atoms with Crippen molar-refractivity contribution in [1.82, 2.24) is 10.4 Å². The third kappa shape index (κ3) is 10.6. The van der Waals surface area contributed by atoms with E-state index in [-0.39, 0.29) is 35.6 Å². The molecule has 0 heterocycles. The monoisotopic (exact) mass is 361 g/mol. The molecule has 0 amide bonds. The van der Waals surface area contributed by atoms with Crippen LogP contribution >= 0.6 is 0 Å². The molecule has 1 unspecified atom stereocenters. The van der Waals surface area contributed by atoms with Gasteiger partial charge in [-0.3, -0.25) is 9.11 Å². The molecular weight excluding hydrogens is 343 g/mol. The predicted molar refractivity (Wildman–Crippen MR) is 77.4 cm³/mol. The zero-order chi connectivity index (χ0) is 16.1. The molecule has 120 valence electrons. The van der Waals surface area contributed by atoms with Crippen molar-refractivity contribution in [3.05, 3.63) is 35.9 Å². The van der Waals surface area contributed by atoms with E-state index in [2.05, 4.69) is 5.43 Å². The van der Waals surface area contributed by atoms with Crippen LogP contribution in [0.3, 0.4) is 0 Å². The van der Waals surface area contributed by atoms with E-state index in [0.717, 1.165) is 10.6 Å². The van der Waals surface area contributed by atoms with Crippen molar-refractivity contribution >= 4 is 20.2 Å². The average Bonchev–Trinajstić information content (AvgIpc) is 2.24. The molecule has 22 heavy (non-hydrogen) atoms. The predicted octanol–water partition coefficient (Wildman–Crippen LogP) is -2.88. The van der Waals surface area contributed by atoms with Crippen LogP contribution in [0.2, 0.25) is 0 Å². The molecular formula is C11H18N2NaO6S2+. The molecule has 0 saturated carbocycles. The van der Waals surface area contributed by atoms with Crippen molar-refractivity contribution in [2.75, 3.05) is 11.8 Å². The Labute approximate surface area is 152 Å². The van der Waals surface area contributed by atoms with Gasteiger partial charge in [0.05, 0.1) is 0 Å². The van der Waals surface area contributed by atoms with E-state index in [1.807, 2.05) is 30.3 Å². The van der Waals surface area contributed by atoms with Crippen LogP contribution in [-0.4, -0.2) is 48.7 Å². The van der Waals surface area contributed by atoms with Gasteiger partial charge in [0.15, 0.2) is 0 Å². The third-order valence-electron chi connectivity index (χ3n) is 2.43. The first-order valence-electron chi connectivity index (χ1n) is 6.00. The van der Waals surface area contributed by atoms with E-state index in [4.69, 9.17) is 9.11 Å². The maximum Gasteiger partial charge on any atom is 1.00 e. The van der Waals surface area contributed by atoms with Crippen molar-refractivity contribution in [3.8, 4) is 0 Å². The number of hydrogen-bond acceptors (Lipinski definition) is 6. The van der Waals surface area contributed by atoms with Gasteiger partial charge >= 0.3 is 29.6 Å².